The Labute approximate surface area is 161 Å². The number of nitrogens with two attached hydrogens (primary N) is 1. The lowest BCUT2D eigenvalue weighted by Gasteiger charge is -2.36. The summed E-state index contributed by atoms with van der Waals surface area (Å²) in [5.41, 5.74) is 9.50. The average Bonchev–Trinajstić information content (AvgIpc) is 2.61. The maximum absolute atomic E-state index is 12.6. The van der Waals surface area contributed by atoms with E-state index in [4.69, 9.17) is 5.73 Å². The standard InChI is InChI=1S/C18H22N4O.2ClH/c1-14-3-2-4-17(11-14)21-7-9-22(10-8-21)18(23)15-5-6-20-16(12-15)13-19;;/h2-6,11-12H,7-10,13,19H2,1H3;2*1H. The predicted molar refractivity (Wildman–Crippen MR) is 106 cm³/mol. The lowest BCUT2D eigenvalue weighted by Crippen LogP contribution is -2.48. The van der Waals surface area contributed by atoms with Crippen LogP contribution in [0.1, 0.15) is 21.6 Å². The van der Waals surface area contributed by atoms with Gasteiger partial charge in [-0.15, -0.1) is 24.8 Å². The second-order valence-electron chi connectivity index (χ2n) is 5.86. The average molecular weight is 383 g/mol. The fraction of sp³-hybridized carbons (Fsp3) is 0.333. The lowest BCUT2D eigenvalue weighted by atomic mass is 10.1. The van der Waals surface area contributed by atoms with Crippen molar-refractivity contribution in [2.75, 3.05) is 31.1 Å². The number of halogens is 2. The Balaban J connectivity index is 0.00000156. The third-order valence-corrected chi connectivity index (χ3v) is 4.21. The fourth-order valence-corrected chi connectivity index (χ4v) is 2.90. The zero-order valence-corrected chi connectivity index (χ0v) is 15.9. The molecule has 0 saturated carbocycles. The van der Waals surface area contributed by atoms with Crippen LogP contribution in [0.3, 0.4) is 0 Å². The molecule has 0 bridgehead atoms. The molecule has 5 nitrogen and oxygen atoms in total. The number of benzene rings is 1. The number of anilines is 1. The van der Waals surface area contributed by atoms with Gasteiger partial charge in [-0.05, 0) is 36.8 Å². The van der Waals surface area contributed by atoms with Crippen LogP contribution < -0.4 is 10.6 Å². The SMILES string of the molecule is Cc1cccc(N2CCN(C(=O)c3ccnc(CN)c3)CC2)c1.Cl.Cl. The topological polar surface area (TPSA) is 62.5 Å². The molecule has 1 amide bonds. The monoisotopic (exact) mass is 382 g/mol. The molecule has 3 rings (SSSR count). The van der Waals surface area contributed by atoms with E-state index in [-0.39, 0.29) is 30.7 Å². The second-order valence-corrected chi connectivity index (χ2v) is 5.86. The molecule has 1 aliphatic rings. The number of piperazine rings is 1. The van der Waals surface area contributed by atoms with Gasteiger partial charge in [0.1, 0.15) is 0 Å². The van der Waals surface area contributed by atoms with Crippen LogP contribution in [0.15, 0.2) is 42.6 Å². The molecule has 0 spiro atoms. The van der Waals surface area contributed by atoms with Crippen molar-refractivity contribution < 1.29 is 4.79 Å². The van der Waals surface area contributed by atoms with Gasteiger partial charge < -0.3 is 15.5 Å². The molecule has 1 aliphatic heterocycles. The number of rotatable bonds is 3. The Kier molecular flexibility index (Phi) is 8.16. The lowest BCUT2D eigenvalue weighted by molar-refractivity contribution is 0.0746. The number of amides is 1. The number of aryl methyl sites for hydroxylation is 1. The first-order valence-electron chi connectivity index (χ1n) is 7.93. The van der Waals surface area contributed by atoms with Crippen molar-refractivity contribution in [3.63, 3.8) is 0 Å². The molecule has 136 valence electrons. The molecule has 1 fully saturated rings. The van der Waals surface area contributed by atoms with Crippen molar-refractivity contribution in [2.24, 2.45) is 5.73 Å². The van der Waals surface area contributed by atoms with Gasteiger partial charge in [0, 0.05) is 50.2 Å². The number of hydrogen-bond acceptors (Lipinski definition) is 4. The van der Waals surface area contributed by atoms with Crippen LogP contribution in [0.5, 0.6) is 0 Å². The van der Waals surface area contributed by atoms with Crippen molar-refractivity contribution in [2.45, 2.75) is 13.5 Å². The van der Waals surface area contributed by atoms with Gasteiger partial charge in [-0.25, -0.2) is 0 Å². The van der Waals surface area contributed by atoms with Crippen molar-refractivity contribution in [3.8, 4) is 0 Å². The number of carbonyl (C=O) groups excluding carboxylic acids is 1. The van der Waals surface area contributed by atoms with Crippen LogP contribution in [-0.2, 0) is 6.54 Å². The maximum Gasteiger partial charge on any atom is 0.254 e. The molecule has 2 aromatic rings. The first-order valence-corrected chi connectivity index (χ1v) is 7.93. The molecule has 1 saturated heterocycles. The predicted octanol–water partition coefficient (Wildman–Crippen LogP) is 2.65. The van der Waals surface area contributed by atoms with E-state index in [1.807, 2.05) is 4.90 Å². The summed E-state index contributed by atoms with van der Waals surface area (Å²) in [7, 11) is 0. The highest BCUT2D eigenvalue weighted by atomic mass is 35.5. The molecule has 0 radical (unpaired) electrons. The summed E-state index contributed by atoms with van der Waals surface area (Å²) in [5.74, 6) is 0.0611. The molecule has 0 atom stereocenters. The summed E-state index contributed by atoms with van der Waals surface area (Å²) >= 11 is 0. The van der Waals surface area contributed by atoms with E-state index in [2.05, 4.69) is 41.1 Å². The summed E-state index contributed by atoms with van der Waals surface area (Å²) < 4.78 is 0. The highest BCUT2D eigenvalue weighted by molar-refractivity contribution is 5.94. The molecule has 2 N–H and O–H groups in total. The zero-order valence-electron chi connectivity index (χ0n) is 14.2. The van der Waals surface area contributed by atoms with E-state index in [0.717, 1.165) is 31.9 Å². The number of pyridine rings is 1. The Hall–Kier alpha value is -1.82. The Morgan fingerprint density at radius 2 is 1.84 bits per heavy atom. The van der Waals surface area contributed by atoms with Crippen LogP contribution in [0.25, 0.3) is 0 Å². The van der Waals surface area contributed by atoms with Gasteiger partial charge in [0.2, 0.25) is 0 Å². The maximum atomic E-state index is 12.6. The second kappa shape index (κ2) is 9.61. The van der Waals surface area contributed by atoms with E-state index >= 15 is 0 Å². The van der Waals surface area contributed by atoms with E-state index in [1.165, 1.54) is 11.3 Å². The van der Waals surface area contributed by atoms with Gasteiger partial charge in [-0.1, -0.05) is 12.1 Å². The summed E-state index contributed by atoms with van der Waals surface area (Å²) in [6.07, 6.45) is 1.65. The summed E-state index contributed by atoms with van der Waals surface area (Å²) in [4.78, 5) is 21.0. The largest absolute Gasteiger partial charge is 0.368 e. The molecule has 1 aromatic carbocycles. The highest BCUT2D eigenvalue weighted by Crippen LogP contribution is 2.18. The quantitative estimate of drug-likeness (QED) is 0.885. The first-order chi connectivity index (χ1) is 11.2. The van der Waals surface area contributed by atoms with Gasteiger partial charge in [0.05, 0.1) is 5.69 Å². The van der Waals surface area contributed by atoms with E-state index in [1.54, 1.807) is 18.3 Å². The van der Waals surface area contributed by atoms with E-state index in [9.17, 15) is 4.79 Å². The Morgan fingerprint density at radius 1 is 1.12 bits per heavy atom. The molecule has 1 aromatic heterocycles. The van der Waals surface area contributed by atoms with Crippen LogP contribution in [0.2, 0.25) is 0 Å². The smallest absolute Gasteiger partial charge is 0.254 e. The molecule has 7 heteroatoms. The van der Waals surface area contributed by atoms with Crippen molar-refractivity contribution >= 4 is 36.4 Å². The van der Waals surface area contributed by atoms with Gasteiger partial charge in [0.15, 0.2) is 0 Å². The van der Waals surface area contributed by atoms with Crippen molar-refractivity contribution in [1.29, 1.82) is 0 Å². The van der Waals surface area contributed by atoms with Crippen LogP contribution in [-0.4, -0.2) is 42.0 Å². The molecule has 2 heterocycles. The third kappa shape index (κ3) is 5.08. The van der Waals surface area contributed by atoms with E-state index < -0.39 is 0 Å². The highest BCUT2D eigenvalue weighted by Gasteiger charge is 2.22. The summed E-state index contributed by atoms with van der Waals surface area (Å²) in [6.45, 7) is 5.61. The number of aromatic nitrogens is 1. The van der Waals surface area contributed by atoms with E-state index in [0.29, 0.717) is 12.1 Å². The zero-order chi connectivity index (χ0) is 16.2. The summed E-state index contributed by atoms with van der Waals surface area (Å²) in [6, 6.07) is 12.0. The van der Waals surface area contributed by atoms with Crippen molar-refractivity contribution in [1.82, 2.24) is 9.88 Å². The van der Waals surface area contributed by atoms with Crippen LogP contribution in [0, 0.1) is 6.92 Å². The molecular weight excluding hydrogens is 359 g/mol. The van der Waals surface area contributed by atoms with Crippen LogP contribution >= 0.6 is 24.8 Å². The van der Waals surface area contributed by atoms with Gasteiger partial charge in [-0.2, -0.15) is 0 Å². The van der Waals surface area contributed by atoms with Gasteiger partial charge in [-0.3, -0.25) is 9.78 Å². The minimum atomic E-state index is 0. The Bertz CT molecular complexity index is 703. The minimum absolute atomic E-state index is 0. The third-order valence-electron chi connectivity index (χ3n) is 4.21. The summed E-state index contributed by atoms with van der Waals surface area (Å²) in [5, 5.41) is 0. The fourth-order valence-electron chi connectivity index (χ4n) is 2.90. The van der Waals surface area contributed by atoms with Gasteiger partial charge in [0.25, 0.3) is 5.91 Å². The van der Waals surface area contributed by atoms with Crippen molar-refractivity contribution in [3.05, 3.63) is 59.4 Å². The minimum Gasteiger partial charge on any atom is -0.368 e. The number of hydrogen-bond donors (Lipinski definition) is 1. The van der Waals surface area contributed by atoms with Crippen LogP contribution in [0.4, 0.5) is 5.69 Å². The first kappa shape index (κ1) is 21.2. The Morgan fingerprint density at radius 3 is 2.48 bits per heavy atom. The molecule has 0 unspecified atom stereocenters. The molecule has 0 aliphatic carbocycles. The van der Waals surface area contributed by atoms with Gasteiger partial charge >= 0.3 is 0 Å². The number of nitrogens with zero attached hydrogens (tertiary/aromatic N) is 3. The molecule has 25 heavy (non-hydrogen) atoms. The normalized spacial score (nSPS) is 13.7. The number of carbonyl (C=O) groups is 1. The molecular formula is C18H24Cl2N4O.